The van der Waals surface area contributed by atoms with Gasteiger partial charge in [0.15, 0.2) is 0 Å². The molecule has 0 radical (unpaired) electrons. The van der Waals surface area contributed by atoms with E-state index in [2.05, 4.69) is 15.6 Å². The molecular formula is C27H26N6O2. The highest BCUT2D eigenvalue weighted by Gasteiger charge is 2.21. The second-order valence-electron chi connectivity index (χ2n) is 8.57. The first kappa shape index (κ1) is 22.5. The third-order valence-corrected chi connectivity index (χ3v) is 6.15. The molecule has 176 valence electrons. The number of hydrogen-bond donors (Lipinski definition) is 1. The van der Waals surface area contributed by atoms with E-state index in [0.717, 1.165) is 22.4 Å². The topological polar surface area (TPSA) is 94.7 Å². The molecule has 3 aromatic carbocycles. The van der Waals surface area contributed by atoms with Gasteiger partial charge in [0.2, 0.25) is 5.91 Å². The predicted octanol–water partition coefficient (Wildman–Crippen LogP) is 3.56. The van der Waals surface area contributed by atoms with Crippen LogP contribution in [0.1, 0.15) is 30.3 Å². The van der Waals surface area contributed by atoms with Gasteiger partial charge in [-0.25, -0.2) is 9.67 Å². The lowest BCUT2D eigenvalue weighted by atomic mass is 10.0. The minimum Gasteiger partial charge on any atom is -0.346 e. The zero-order valence-electron chi connectivity index (χ0n) is 19.5. The molecule has 1 atom stereocenters. The summed E-state index contributed by atoms with van der Waals surface area (Å²) < 4.78 is 3.36. The molecule has 5 aromatic rings. The third-order valence-electron chi connectivity index (χ3n) is 6.15. The van der Waals surface area contributed by atoms with Crippen molar-refractivity contribution in [3.63, 3.8) is 0 Å². The lowest BCUT2D eigenvalue weighted by Gasteiger charge is -2.19. The van der Waals surface area contributed by atoms with E-state index in [1.165, 1.54) is 4.68 Å². The van der Waals surface area contributed by atoms with Crippen molar-refractivity contribution in [2.24, 2.45) is 7.05 Å². The van der Waals surface area contributed by atoms with E-state index in [-0.39, 0.29) is 23.9 Å². The molecule has 0 spiro atoms. The number of carbonyl (C=O) groups is 1. The van der Waals surface area contributed by atoms with Crippen LogP contribution in [0.2, 0.25) is 0 Å². The second-order valence-corrected chi connectivity index (χ2v) is 8.57. The Balaban J connectivity index is 1.31. The smallest absolute Gasteiger partial charge is 0.277 e. The second kappa shape index (κ2) is 9.89. The van der Waals surface area contributed by atoms with Crippen LogP contribution < -0.4 is 10.9 Å². The number of nitrogens with one attached hydrogen (secondary N) is 1. The molecule has 0 aliphatic carbocycles. The summed E-state index contributed by atoms with van der Waals surface area (Å²) in [6.07, 6.45) is 1.36. The third kappa shape index (κ3) is 4.82. The molecule has 5 rings (SSSR count). The van der Waals surface area contributed by atoms with Gasteiger partial charge in [-0.3, -0.25) is 9.59 Å². The molecule has 1 N–H and O–H groups in total. The number of hydrogen-bond acceptors (Lipinski definition) is 5. The minimum absolute atomic E-state index is 0.0974. The first-order chi connectivity index (χ1) is 17.1. The molecule has 2 heterocycles. The van der Waals surface area contributed by atoms with E-state index in [9.17, 15) is 9.59 Å². The van der Waals surface area contributed by atoms with Gasteiger partial charge in [0.25, 0.3) is 5.56 Å². The Labute approximate surface area is 202 Å². The van der Waals surface area contributed by atoms with Gasteiger partial charge in [-0.15, -0.1) is 5.10 Å². The highest BCUT2D eigenvalue weighted by molar-refractivity contribution is 5.78. The number of amides is 1. The Hall–Kier alpha value is -4.33. The van der Waals surface area contributed by atoms with Crippen molar-refractivity contribution < 1.29 is 4.79 Å². The van der Waals surface area contributed by atoms with Crippen molar-refractivity contribution >= 4 is 27.8 Å². The van der Waals surface area contributed by atoms with Gasteiger partial charge in [-0.2, -0.15) is 0 Å². The fraction of sp³-hybridized carbons (Fsp3) is 0.222. The average Bonchev–Trinajstić information content (AvgIpc) is 3.22. The van der Waals surface area contributed by atoms with Gasteiger partial charge >= 0.3 is 0 Å². The molecular weight excluding hydrogens is 440 g/mol. The van der Waals surface area contributed by atoms with E-state index >= 15 is 0 Å². The zero-order valence-corrected chi connectivity index (χ0v) is 19.5. The van der Waals surface area contributed by atoms with Crippen molar-refractivity contribution in [3.8, 4) is 0 Å². The number of carbonyl (C=O) groups excluding carboxylic acids is 1. The Morgan fingerprint density at radius 2 is 1.66 bits per heavy atom. The van der Waals surface area contributed by atoms with Crippen molar-refractivity contribution in [2.45, 2.75) is 31.8 Å². The molecule has 1 amide bonds. The van der Waals surface area contributed by atoms with Crippen molar-refractivity contribution in [1.82, 2.24) is 29.9 Å². The Bertz CT molecular complexity index is 1540. The number of imidazole rings is 1. The molecule has 8 heteroatoms. The van der Waals surface area contributed by atoms with E-state index in [0.29, 0.717) is 30.3 Å². The summed E-state index contributed by atoms with van der Waals surface area (Å²) in [5.74, 6) is 0.708. The SMILES string of the molecule is Cn1c([C@@H](Cc2ccccc2)NC(=O)CCCn2nnc3ccccc3c2=O)nc2ccccc21. The average molecular weight is 467 g/mol. The van der Waals surface area contributed by atoms with Gasteiger partial charge in [0.1, 0.15) is 11.3 Å². The molecule has 0 unspecified atom stereocenters. The molecule has 0 saturated carbocycles. The van der Waals surface area contributed by atoms with Gasteiger partial charge in [0.05, 0.1) is 22.5 Å². The van der Waals surface area contributed by atoms with Crippen molar-refractivity contribution in [1.29, 1.82) is 0 Å². The zero-order chi connectivity index (χ0) is 24.2. The van der Waals surface area contributed by atoms with Gasteiger partial charge < -0.3 is 9.88 Å². The molecule has 35 heavy (non-hydrogen) atoms. The van der Waals surface area contributed by atoms with Crippen LogP contribution in [-0.2, 0) is 24.8 Å². The monoisotopic (exact) mass is 466 g/mol. The number of para-hydroxylation sites is 2. The number of aryl methyl sites for hydroxylation is 2. The number of rotatable bonds is 8. The first-order valence-corrected chi connectivity index (χ1v) is 11.7. The molecule has 2 aromatic heterocycles. The fourth-order valence-electron chi connectivity index (χ4n) is 4.36. The van der Waals surface area contributed by atoms with Gasteiger partial charge in [0, 0.05) is 20.0 Å². The van der Waals surface area contributed by atoms with Gasteiger partial charge in [-0.05, 0) is 42.7 Å². The van der Waals surface area contributed by atoms with Crippen LogP contribution in [0, 0.1) is 0 Å². The molecule has 8 nitrogen and oxygen atoms in total. The van der Waals surface area contributed by atoms with Crippen LogP contribution in [0.15, 0.2) is 83.7 Å². The van der Waals surface area contributed by atoms with E-state index in [4.69, 9.17) is 4.98 Å². The van der Waals surface area contributed by atoms with Crippen LogP contribution in [-0.4, -0.2) is 30.5 Å². The molecule has 0 aliphatic rings. The van der Waals surface area contributed by atoms with Crippen LogP contribution >= 0.6 is 0 Å². The van der Waals surface area contributed by atoms with E-state index < -0.39 is 0 Å². The Kier molecular flexibility index (Phi) is 6.34. The summed E-state index contributed by atoms with van der Waals surface area (Å²) in [7, 11) is 1.97. The lowest BCUT2D eigenvalue weighted by molar-refractivity contribution is -0.122. The molecule has 0 aliphatic heterocycles. The molecule has 0 fully saturated rings. The van der Waals surface area contributed by atoms with Crippen LogP contribution in [0.3, 0.4) is 0 Å². The lowest BCUT2D eigenvalue weighted by Crippen LogP contribution is -2.32. The van der Waals surface area contributed by atoms with Crippen LogP contribution in [0.25, 0.3) is 21.9 Å². The fourth-order valence-corrected chi connectivity index (χ4v) is 4.36. The highest BCUT2D eigenvalue weighted by Crippen LogP contribution is 2.23. The van der Waals surface area contributed by atoms with Crippen LogP contribution in [0.5, 0.6) is 0 Å². The summed E-state index contributed by atoms with van der Waals surface area (Å²) in [4.78, 5) is 30.4. The maximum absolute atomic E-state index is 13.0. The number of fused-ring (bicyclic) bond motifs is 2. The molecule has 0 bridgehead atoms. The number of benzene rings is 3. The Morgan fingerprint density at radius 3 is 2.46 bits per heavy atom. The molecule has 0 saturated heterocycles. The highest BCUT2D eigenvalue weighted by atomic mass is 16.1. The minimum atomic E-state index is -0.287. The van der Waals surface area contributed by atoms with E-state index in [1.807, 2.05) is 72.3 Å². The normalized spacial score (nSPS) is 12.1. The quantitative estimate of drug-likeness (QED) is 0.377. The largest absolute Gasteiger partial charge is 0.346 e. The summed E-state index contributed by atoms with van der Waals surface area (Å²) >= 11 is 0. The van der Waals surface area contributed by atoms with Crippen LogP contribution in [0.4, 0.5) is 0 Å². The maximum atomic E-state index is 13.0. The first-order valence-electron chi connectivity index (χ1n) is 11.7. The summed E-state index contributed by atoms with van der Waals surface area (Å²) in [6.45, 7) is 0.319. The summed E-state index contributed by atoms with van der Waals surface area (Å²) in [6, 6.07) is 24.8. The predicted molar refractivity (Wildman–Crippen MR) is 135 cm³/mol. The van der Waals surface area contributed by atoms with Gasteiger partial charge in [-0.1, -0.05) is 59.8 Å². The standard InChI is InChI=1S/C27H26N6O2/c1-32-24-15-8-7-14-22(24)29-26(32)23(18-19-10-3-2-4-11-19)28-25(34)16-9-17-33-27(35)20-12-5-6-13-21(20)30-31-33/h2-8,10-15,23H,9,16-18H2,1H3,(H,28,34)/t23-/m1/s1. The maximum Gasteiger partial charge on any atom is 0.277 e. The number of aromatic nitrogens is 5. The van der Waals surface area contributed by atoms with E-state index in [1.54, 1.807) is 18.2 Å². The number of nitrogens with zero attached hydrogens (tertiary/aromatic N) is 5. The van der Waals surface area contributed by atoms with Crippen molar-refractivity contribution in [3.05, 3.63) is 101 Å². The Morgan fingerprint density at radius 1 is 0.943 bits per heavy atom. The summed E-state index contributed by atoms with van der Waals surface area (Å²) in [5, 5.41) is 11.8. The van der Waals surface area contributed by atoms with Crippen molar-refractivity contribution in [2.75, 3.05) is 0 Å². The summed E-state index contributed by atoms with van der Waals surface area (Å²) in [5.41, 5.74) is 3.40.